The molecule has 0 spiro atoms. The minimum absolute atomic E-state index is 0.00249. The number of rotatable bonds is 2. The number of nitrogens with zero attached hydrogens (tertiary/aromatic N) is 1. The Labute approximate surface area is 244 Å². The van der Waals surface area contributed by atoms with Crippen molar-refractivity contribution in [2.24, 2.45) is 12.5 Å². The molecule has 3 aromatic carbocycles. The van der Waals surface area contributed by atoms with Gasteiger partial charge in [0.15, 0.2) is 6.20 Å². The summed E-state index contributed by atoms with van der Waals surface area (Å²) >= 11 is 0. The number of hydrogen-bond donors (Lipinski definition) is 0. The zero-order valence-corrected chi connectivity index (χ0v) is 26.5. The van der Waals surface area contributed by atoms with Gasteiger partial charge in [0.2, 0.25) is 5.69 Å². The molecule has 3 heteroatoms. The Hall–Kier alpha value is -3.46. The summed E-state index contributed by atoms with van der Waals surface area (Å²) in [5.41, 5.74) is 9.83. The second-order valence-corrected chi connectivity index (χ2v) is 14.8. The average molecular weight is 549 g/mol. The number of halogens is 1. The first-order chi connectivity index (χ1) is 19.0. The van der Waals surface area contributed by atoms with Crippen LogP contribution >= 0.6 is 0 Å². The van der Waals surface area contributed by atoms with Gasteiger partial charge in [-0.2, -0.15) is 0 Å². The molecule has 0 unspecified atom stereocenters. The van der Waals surface area contributed by atoms with Crippen LogP contribution in [0.3, 0.4) is 0 Å². The van der Waals surface area contributed by atoms with Crippen LogP contribution in [0.5, 0.6) is 0 Å². The van der Waals surface area contributed by atoms with Gasteiger partial charge in [-0.05, 0) is 74.6 Å². The van der Waals surface area contributed by atoms with Gasteiger partial charge >= 0.3 is 0 Å². The molecule has 1 aliphatic carbocycles. The summed E-state index contributed by atoms with van der Waals surface area (Å²) in [5.74, 6) is -0.255. The molecule has 5 aromatic rings. The fourth-order valence-electron chi connectivity index (χ4n) is 7.32. The first kappa shape index (κ1) is 27.7. The minimum Gasteiger partial charge on any atom is -0.454 e. The van der Waals surface area contributed by atoms with Gasteiger partial charge in [-0.15, -0.1) is 0 Å². The van der Waals surface area contributed by atoms with Crippen LogP contribution in [-0.2, 0) is 23.3 Å². The molecule has 6 rings (SSSR count). The third-order valence-corrected chi connectivity index (χ3v) is 10.9. The zero-order valence-electron chi connectivity index (χ0n) is 26.5. The van der Waals surface area contributed by atoms with Gasteiger partial charge in [-0.1, -0.05) is 86.6 Å². The summed E-state index contributed by atoms with van der Waals surface area (Å²) in [7, 11) is 2.05. The number of furan rings is 1. The van der Waals surface area contributed by atoms with E-state index in [1.807, 2.05) is 31.4 Å². The highest BCUT2D eigenvalue weighted by atomic mass is 19.1. The molecule has 1 aliphatic rings. The van der Waals surface area contributed by atoms with Gasteiger partial charge in [0.05, 0.1) is 11.1 Å². The van der Waals surface area contributed by atoms with Crippen LogP contribution in [0.2, 0.25) is 0 Å². The molecular weight excluding hydrogens is 505 g/mol. The lowest BCUT2D eigenvalue weighted by molar-refractivity contribution is -0.660. The summed E-state index contributed by atoms with van der Waals surface area (Å²) in [6.07, 6.45) is 2.05. The molecule has 0 bridgehead atoms. The van der Waals surface area contributed by atoms with Crippen LogP contribution < -0.4 is 4.57 Å². The molecule has 212 valence electrons. The van der Waals surface area contributed by atoms with Crippen molar-refractivity contribution in [3.63, 3.8) is 0 Å². The van der Waals surface area contributed by atoms with Crippen LogP contribution in [-0.4, -0.2) is 0 Å². The fraction of sp³-hybridized carbons (Fsp3) is 0.395. The molecule has 0 radical (unpaired) electrons. The van der Waals surface area contributed by atoms with Crippen molar-refractivity contribution in [1.29, 1.82) is 0 Å². The predicted octanol–water partition coefficient (Wildman–Crippen LogP) is 10.1. The van der Waals surface area contributed by atoms with Crippen molar-refractivity contribution in [2.45, 2.75) is 85.5 Å². The number of aromatic nitrogens is 1. The molecule has 0 amide bonds. The van der Waals surface area contributed by atoms with Crippen molar-refractivity contribution in [1.82, 2.24) is 0 Å². The molecule has 0 N–H and O–H groups in total. The highest BCUT2D eigenvalue weighted by Gasteiger charge is 2.58. The van der Waals surface area contributed by atoms with Gasteiger partial charge in [-0.25, -0.2) is 8.96 Å². The quantitative estimate of drug-likeness (QED) is 0.201. The van der Waals surface area contributed by atoms with Gasteiger partial charge in [0.1, 0.15) is 24.0 Å². The number of benzene rings is 3. The van der Waals surface area contributed by atoms with Gasteiger partial charge in [0.25, 0.3) is 0 Å². The van der Waals surface area contributed by atoms with Crippen LogP contribution in [0.1, 0.15) is 84.6 Å². The zero-order chi connectivity index (χ0) is 29.9. The molecule has 0 atom stereocenters. The van der Waals surface area contributed by atoms with E-state index in [1.165, 1.54) is 16.7 Å². The van der Waals surface area contributed by atoms with Crippen LogP contribution in [0.25, 0.3) is 44.3 Å². The standard InChI is InChI=1S/C38H43FNO/c1-22-15-16-24-25-17-18-28(39)31(34(25)41-33(24)30(22)29-14-12-13-19-40(29)11)23-20-26(35(2,3)4)32-27(21-23)36(5,6)38(9,10)37(32,7)8/h12-21H,1-11H3/q+1. The first-order valence-electron chi connectivity index (χ1n) is 14.8. The Balaban J connectivity index is 1.72. The molecule has 2 nitrogen and oxygen atoms in total. The lowest BCUT2D eigenvalue weighted by Gasteiger charge is -2.45. The maximum Gasteiger partial charge on any atom is 0.216 e. The molecule has 0 saturated carbocycles. The van der Waals surface area contributed by atoms with E-state index in [0.717, 1.165) is 38.7 Å². The third-order valence-electron chi connectivity index (χ3n) is 10.9. The average Bonchev–Trinajstić information content (AvgIpc) is 3.29. The lowest BCUT2D eigenvalue weighted by Crippen LogP contribution is -2.42. The second kappa shape index (κ2) is 8.53. The highest BCUT2D eigenvalue weighted by molar-refractivity contribution is 6.13. The molecule has 0 saturated heterocycles. The van der Waals surface area contributed by atoms with Crippen LogP contribution in [0.4, 0.5) is 4.39 Å². The van der Waals surface area contributed by atoms with E-state index < -0.39 is 0 Å². The number of pyridine rings is 1. The predicted molar refractivity (Wildman–Crippen MR) is 169 cm³/mol. The smallest absolute Gasteiger partial charge is 0.216 e. The highest BCUT2D eigenvalue weighted by Crippen LogP contribution is 2.63. The summed E-state index contributed by atoms with van der Waals surface area (Å²) in [4.78, 5) is 0. The van der Waals surface area contributed by atoms with E-state index in [2.05, 4.69) is 104 Å². The van der Waals surface area contributed by atoms with E-state index in [0.29, 0.717) is 11.1 Å². The van der Waals surface area contributed by atoms with E-state index in [1.54, 1.807) is 6.07 Å². The summed E-state index contributed by atoms with van der Waals surface area (Å²) in [6, 6.07) is 18.4. The summed E-state index contributed by atoms with van der Waals surface area (Å²) in [6.45, 7) is 23.1. The molecule has 2 heterocycles. The molecule has 0 fully saturated rings. The normalized spacial score (nSPS) is 17.4. The number of fused-ring (bicyclic) bond motifs is 4. The van der Waals surface area contributed by atoms with Crippen LogP contribution in [0, 0.1) is 18.2 Å². The fourth-order valence-corrected chi connectivity index (χ4v) is 7.32. The van der Waals surface area contributed by atoms with Gasteiger partial charge < -0.3 is 4.42 Å². The Morgan fingerprint density at radius 1 is 0.780 bits per heavy atom. The first-order valence-corrected chi connectivity index (χ1v) is 14.8. The second-order valence-electron chi connectivity index (χ2n) is 14.8. The van der Waals surface area contributed by atoms with E-state index in [4.69, 9.17) is 4.42 Å². The maximum absolute atomic E-state index is 16.1. The Bertz CT molecular complexity index is 1880. The Kier molecular flexibility index (Phi) is 5.77. The molecule has 0 aliphatic heterocycles. The number of hydrogen-bond acceptors (Lipinski definition) is 1. The Morgan fingerprint density at radius 3 is 2.05 bits per heavy atom. The van der Waals surface area contributed by atoms with Gasteiger partial charge in [0, 0.05) is 22.9 Å². The third kappa shape index (κ3) is 3.63. The summed E-state index contributed by atoms with van der Waals surface area (Å²) < 4.78 is 25.0. The molecule has 41 heavy (non-hydrogen) atoms. The number of aryl methyl sites for hydroxylation is 2. The van der Waals surface area contributed by atoms with Crippen molar-refractivity contribution >= 4 is 21.9 Å². The van der Waals surface area contributed by atoms with Crippen molar-refractivity contribution in [3.05, 3.63) is 88.9 Å². The van der Waals surface area contributed by atoms with Crippen molar-refractivity contribution in [2.75, 3.05) is 0 Å². The maximum atomic E-state index is 16.1. The minimum atomic E-state index is -0.255. The lowest BCUT2D eigenvalue weighted by atomic mass is 9.59. The molecule has 2 aromatic heterocycles. The SMILES string of the molecule is Cc1ccc2c(oc3c(-c4cc(C(C)(C)C)c5c(c4)C(C)(C)C(C)(C)C5(C)C)c(F)ccc32)c1-c1cccc[n+]1C. The molecular formula is C38H43FNO+. The van der Waals surface area contributed by atoms with Crippen molar-refractivity contribution < 1.29 is 13.4 Å². The topological polar surface area (TPSA) is 17.0 Å². The van der Waals surface area contributed by atoms with Gasteiger partial charge in [-0.3, -0.25) is 0 Å². The van der Waals surface area contributed by atoms with Crippen molar-refractivity contribution in [3.8, 4) is 22.4 Å². The summed E-state index contributed by atoms with van der Waals surface area (Å²) in [5, 5.41) is 1.94. The largest absolute Gasteiger partial charge is 0.454 e. The van der Waals surface area contributed by atoms with E-state index >= 15 is 4.39 Å². The van der Waals surface area contributed by atoms with E-state index in [9.17, 15) is 0 Å². The van der Waals surface area contributed by atoms with E-state index in [-0.39, 0.29) is 27.5 Å². The Morgan fingerprint density at radius 2 is 1.41 bits per heavy atom. The van der Waals surface area contributed by atoms with Crippen LogP contribution in [0.15, 0.2) is 65.2 Å². The monoisotopic (exact) mass is 548 g/mol.